The molecule has 1 heteroatoms. The van der Waals surface area contributed by atoms with Crippen molar-refractivity contribution in [1.29, 1.82) is 0 Å². The average molecular weight is 278 g/mol. The molecule has 0 aromatic heterocycles. The zero-order valence-electron chi connectivity index (χ0n) is 14.2. The third-order valence-electron chi connectivity index (χ3n) is 4.35. The average Bonchev–Trinajstić information content (AvgIpc) is 2.40. The second kappa shape index (κ2) is 9.26. The van der Waals surface area contributed by atoms with Gasteiger partial charge in [0.25, 0.3) is 0 Å². The summed E-state index contributed by atoms with van der Waals surface area (Å²) >= 11 is 0. The van der Waals surface area contributed by atoms with Crippen LogP contribution in [0.4, 0.5) is 0 Å². The molecular formula is C19H34O. The van der Waals surface area contributed by atoms with Crippen LogP contribution >= 0.6 is 0 Å². The fraction of sp³-hybridized carbons (Fsp3) is 0.789. The van der Waals surface area contributed by atoms with Gasteiger partial charge in [-0.3, -0.25) is 0 Å². The van der Waals surface area contributed by atoms with Gasteiger partial charge in [0, 0.05) is 5.92 Å². The minimum atomic E-state index is 0.561. The van der Waals surface area contributed by atoms with Gasteiger partial charge >= 0.3 is 0 Å². The lowest BCUT2D eigenvalue weighted by Crippen LogP contribution is -2.10. The van der Waals surface area contributed by atoms with Gasteiger partial charge < -0.3 is 4.74 Å². The Bertz CT molecular complexity index is 325. The van der Waals surface area contributed by atoms with Crippen molar-refractivity contribution in [3.8, 4) is 0 Å². The van der Waals surface area contributed by atoms with Crippen LogP contribution in [0.25, 0.3) is 0 Å². The molecule has 1 nitrogen and oxygen atoms in total. The monoisotopic (exact) mass is 278 g/mol. The molecule has 0 saturated heterocycles. The summed E-state index contributed by atoms with van der Waals surface area (Å²) in [4.78, 5) is 0. The van der Waals surface area contributed by atoms with Crippen molar-refractivity contribution >= 4 is 0 Å². The predicted molar refractivity (Wildman–Crippen MR) is 88.7 cm³/mol. The van der Waals surface area contributed by atoms with Crippen LogP contribution in [0.1, 0.15) is 73.1 Å². The SMILES string of the molecule is CCC1=CC=C(OCCC(C)CCCC(C)C)C(C)C1. The Kier molecular flexibility index (Phi) is 8.02. The van der Waals surface area contributed by atoms with Gasteiger partial charge in [-0.25, -0.2) is 0 Å². The molecule has 1 rings (SSSR count). The fourth-order valence-electron chi connectivity index (χ4n) is 2.78. The van der Waals surface area contributed by atoms with E-state index in [-0.39, 0.29) is 0 Å². The molecule has 0 heterocycles. The molecule has 0 amide bonds. The molecular weight excluding hydrogens is 244 g/mol. The molecule has 2 atom stereocenters. The van der Waals surface area contributed by atoms with Gasteiger partial charge in [0.1, 0.15) is 0 Å². The van der Waals surface area contributed by atoms with Crippen LogP contribution in [0.15, 0.2) is 23.5 Å². The Labute approximate surface area is 126 Å². The van der Waals surface area contributed by atoms with E-state index in [1.807, 2.05) is 0 Å². The summed E-state index contributed by atoms with van der Waals surface area (Å²) in [7, 11) is 0. The minimum Gasteiger partial charge on any atom is -0.498 e. The van der Waals surface area contributed by atoms with E-state index in [9.17, 15) is 0 Å². The maximum absolute atomic E-state index is 6.00. The second-order valence-electron chi connectivity index (χ2n) is 6.92. The standard InChI is InChI=1S/C19H34O/c1-6-18-10-11-19(17(5)14-18)20-13-12-16(4)9-7-8-15(2)3/h10-11,15-17H,6-9,12-14H2,1-5H3. The van der Waals surface area contributed by atoms with E-state index in [0.717, 1.165) is 18.4 Å². The Hall–Kier alpha value is -0.720. The number of hydrogen-bond acceptors (Lipinski definition) is 1. The Morgan fingerprint density at radius 3 is 2.50 bits per heavy atom. The van der Waals surface area contributed by atoms with Crippen molar-refractivity contribution in [2.75, 3.05) is 6.61 Å². The van der Waals surface area contributed by atoms with Crippen molar-refractivity contribution in [3.63, 3.8) is 0 Å². The molecule has 20 heavy (non-hydrogen) atoms. The molecule has 0 fully saturated rings. The quantitative estimate of drug-likeness (QED) is 0.494. The van der Waals surface area contributed by atoms with Crippen LogP contribution in [-0.4, -0.2) is 6.61 Å². The van der Waals surface area contributed by atoms with Crippen LogP contribution in [-0.2, 0) is 4.74 Å². The Morgan fingerprint density at radius 2 is 1.90 bits per heavy atom. The maximum atomic E-state index is 6.00. The maximum Gasteiger partial charge on any atom is 0.0990 e. The third kappa shape index (κ3) is 6.63. The van der Waals surface area contributed by atoms with E-state index < -0.39 is 0 Å². The first-order valence-corrected chi connectivity index (χ1v) is 8.55. The summed E-state index contributed by atoms with van der Waals surface area (Å²) in [5.41, 5.74) is 1.55. The molecule has 1 aliphatic carbocycles. The van der Waals surface area contributed by atoms with Gasteiger partial charge in [-0.2, -0.15) is 0 Å². The molecule has 0 aromatic carbocycles. The van der Waals surface area contributed by atoms with Gasteiger partial charge in [0.15, 0.2) is 0 Å². The highest BCUT2D eigenvalue weighted by molar-refractivity contribution is 5.22. The van der Waals surface area contributed by atoms with Crippen molar-refractivity contribution in [2.45, 2.75) is 73.1 Å². The molecule has 0 spiro atoms. The first-order valence-electron chi connectivity index (χ1n) is 8.55. The molecule has 0 aromatic rings. The first kappa shape index (κ1) is 17.3. The van der Waals surface area contributed by atoms with E-state index >= 15 is 0 Å². The Morgan fingerprint density at radius 1 is 1.15 bits per heavy atom. The second-order valence-corrected chi connectivity index (χ2v) is 6.92. The molecule has 0 saturated carbocycles. The fourth-order valence-corrected chi connectivity index (χ4v) is 2.78. The van der Waals surface area contributed by atoms with E-state index in [4.69, 9.17) is 4.74 Å². The van der Waals surface area contributed by atoms with E-state index in [1.54, 1.807) is 5.57 Å². The molecule has 1 aliphatic rings. The number of ether oxygens (including phenoxy) is 1. The summed E-state index contributed by atoms with van der Waals surface area (Å²) in [6.07, 6.45) is 12.0. The van der Waals surface area contributed by atoms with Crippen LogP contribution in [0.2, 0.25) is 0 Å². The smallest absolute Gasteiger partial charge is 0.0990 e. The zero-order chi connectivity index (χ0) is 15.0. The van der Waals surface area contributed by atoms with Crippen molar-refractivity contribution in [1.82, 2.24) is 0 Å². The molecule has 0 bridgehead atoms. The number of rotatable bonds is 9. The van der Waals surface area contributed by atoms with Gasteiger partial charge in [-0.05, 0) is 37.2 Å². The van der Waals surface area contributed by atoms with E-state index in [1.165, 1.54) is 44.3 Å². The van der Waals surface area contributed by atoms with Gasteiger partial charge in [0.2, 0.25) is 0 Å². The number of hydrogen-bond donors (Lipinski definition) is 0. The lowest BCUT2D eigenvalue weighted by molar-refractivity contribution is 0.161. The normalized spacial score (nSPS) is 20.6. The molecule has 0 N–H and O–H groups in total. The summed E-state index contributed by atoms with van der Waals surface area (Å²) in [6, 6.07) is 0. The van der Waals surface area contributed by atoms with Crippen molar-refractivity contribution in [3.05, 3.63) is 23.5 Å². The zero-order valence-corrected chi connectivity index (χ0v) is 14.2. The van der Waals surface area contributed by atoms with Gasteiger partial charge in [0.05, 0.1) is 12.4 Å². The highest BCUT2D eigenvalue weighted by Gasteiger charge is 2.15. The predicted octanol–water partition coefficient (Wildman–Crippen LogP) is 6.12. The largest absolute Gasteiger partial charge is 0.498 e. The highest BCUT2D eigenvalue weighted by atomic mass is 16.5. The summed E-state index contributed by atoms with van der Waals surface area (Å²) in [5, 5.41) is 0. The van der Waals surface area contributed by atoms with Crippen LogP contribution < -0.4 is 0 Å². The molecule has 116 valence electrons. The van der Waals surface area contributed by atoms with E-state index in [0.29, 0.717) is 5.92 Å². The topological polar surface area (TPSA) is 9.23 Å². The summed E-state index contributed by atoms with van der Waals surface area (Å²) in [6.45, 7) is 12.4. The molecule has 0 aliphatic heterocycles. The summed E-state index contributed by atoms with van der Waals surface area (Å²) in [5.74, 6) is 3.38. The minimum absolute atomic E-state index is 0.561. The lowest BCUT2D eigenvalue weighted by Gasteiger charge is -2.22. The third-order valence-corrected chi connectivity index (χ3v) is 4.35. The van der Waals surface area contributed by atoms with Crippen LogP contribution in [0.5, 0.6) is 0 Å². The van der Waals surface area contributed by atoms with Crippen LogP contribution in [0, 0.1) is 17.8 Å². The van der Waals surface area contributed by atoms with Crippen LogP contribution in [0.3, 0.4) is 0 Å². The summed E-state index contributed by atoms with van der Waals surface area (Å²) < 4.78 is 6.00. The number of allylic oxidation sites excluding steroid dienone is 4. The lowest BCUT2D eigenvalue weighted by atomic mass is 9.92. The highest BCUT2D eigenvalue weighted by Crippen LogP contribution is 2.27. The molecule has 2 unspecified atom stereocenters. The van der Waals surface area contributed by atoms with Gasteiger partial charge in [-0.15, -0.1) is 0 Å². The Balaban J connectivity index is 2.20. The van der Waals surface area contributed by atoms with Gasteiger partial charge in [-0.1, -0.05) is 65.5 Å². The van der Waals surface area contributed by atoms with Crippen molar-refractivity contribution in [2.24, 2.45) is 17.8 Å². The first-order chi connectivity index (χ1) is 9.52. The van der Waals surface area contributed by atoms with E-state index in [2.05, 4.69) is 46.8 Å². The molecule has 0 radical (unpaired) electrons. The van der Waals surface area contributed by atoms with Crippen molar-refractivity contribution < 1.29 is 4.74 Å².